The van der Waals surface area contributed by atoms with Crippen molar-refractivity contribution in [1.29, 1.82) is 0 Å². The minimum Gasteiger partial charge on any atom is -0.507 e. The molecule has 1 aromatic carbocycles. The number of carbonyl (C=O) groups is 1. The third-order valence-corrected chi connectivity index (χ3v) is 3.63. The van der Waals surface area contributed by atoms with E-state index in [-0.39, 0.29) is 17.7 Å². The number of hydrogen-bond donors (Lipinski definition) is 2. The van der Waals surface area contributed by atoms with E-state index in [0.29, 0.717) is 5.56 Å². The van der Waals surface area contributed by atoms with Crippen molar-refractivity contribution >= 4 is 17.2 Å². The average molecular weight is 275 g/mol. The maximum atomic E-state index is 12.0. The number of thiophene rings is 1. The molecular weight excluding hydrogens is 258 g/mol. The summed E-state index contributed by atoms with van der Waals surface area (Å²) in [5.41, 5.74) is 2.47. The van der Waals surface area contributed by atoms with Gasteiger partial charge in [-0.2, -0.15) is 11.3 Å². The highest BCUT2D eigenvalue weighted by Gasteiger charge is 2.14. The summed E-state index contributed by atoms with van der Waals surface area (Å²) in [5, 5.41) is 16.8. The number of phenolic OH excluding ortho intramolecular Hbond substituents is 1. The van der Waals surface area contributed by atoms with Gasteiger partial charge in [0.15, 0.2) is 0 Å². The summed E-state index contributed by atoms with van der Waals surface area (Å²) in [6.45, 7) is 3.83. The number of aryl methyl sites for hydroxylation is 1. The Balaban J connectivity index is 2.00. The fraction of sp³-hybridized carbons (Fsp3) is 0.267. The molecule has 100 valence electrons. The minimum absolute atomic E-state index is 0.0280. The molecule has 2 N–H and O–H groups in total. The number of amides is 1. The lowest BCUT2D eigenvalue weighted by molar-refractivity contribution is 0.0937. The zero-order valence-corrected chi connectivity index (χ0v) is 11.8. The third kappa shape index (κ3) is 3.58. The van der Waals surface area contributed by atoms with Gasteiger partial charge < -0.3 is 10.4 Å². The molecule has 0 aliphatic rings. The van der Waals surface area contributed by atoms with Gasteiger partial charge in [-0.05, 0) is 60.4 Å². The van der Waals surface area contributed by atoms with Crippen molar-refractivity contribution in [3.63, 3.8) is 0 Å². The maximum Gasteiger partial charge on any atom is 0.255 e. The fourth-order valence-corrected chi connectivity index (χ4v) is 2.63. The smallest absolute Gasteiger partial charge is 0.255 e. The predicted octanol–water partition coefficient (Wildman–Crippen LogP) is 3.12. The molecule has 0 aliphatic heterocycles. The van der Waals surface area contributed by atoms with Crippen molar-refractivity contribution in [2.24, 2.45) is 0 Å². The van der Waals surface area contributed by atoms with E-state index in [0.717, 1.165) is 12.0 Å². The van der Waals surface area contributed by atoms with Gasteiger partial charge in [-0.1, -0.05) is 6.07 Å². The van der Waals surface area contributed by atoms with Gasteiger partial charge in [-0.25, -0.2) is 0 Å². The van der Waals surface area contributed by atoms with Crippen molar-refractivity contribution in [2.75, 3.05) is 0 Å². The van der Waals surface area contributed by atoms with Crippen LogP contribution < -0.4 is 5.32 Å². The molecule has 3 nitrogen and oxygen atoms in total. The Bertz CT molecular complexity index is 564. The van der Waals surface area contributed by atoms with Gasteiger partial charge in [0, 0.05) is 6.04 Å². The number of aromatic hydroxyl groups is 1. The number of rotatable bonds is 4. The zero-order valence-electron chi connectivity index (χ0n) is 11.0. The minimum atomic E-state index is -0.236. The Morgan fingerprint density at radius 1 is 1.42 bits per heavy atom. The Labute approximate surface area is 116 Å². The van der Waals surface area contributed by atoms with E-state index >= 15 is 0 Å². The Kier molecular flexibility index (Phi) is 4.22. The molecule has 0 spiro atoms. The second kappa shape index (κ2) is 5.89. The summed E-state index contributed by atoms with van der Waals surface area (Å²) in [4.78, 5) is 12.0. The first-order valence-corrected chi connectivity index (χ1v) is 7.12. The van der Waals surface area contributed by atoms with Gasteiger partial charge in [0.25, 0.3) is 5.91 Å². The van der Waals surface area contributed by atoms with Crippen LogP contribution in [-0.4, -0.2) is 17.1 Å². The molecule has 1 heterocycles. The van der Waals surface area contributed by atoms with Crippen LogP contribution in [0.25, 0.3) is 0 Å². The number of phenols is 1. The van der Waals surface area contributed by atoms with Crippen LogP contribution in [0.15, 0.2) is 35.0 Å². The summed E-state index contributed by atoms with van der Waals surface area (Å²) >= 11 is 1.65. The maximum absolute atomic E-state index is 12.0. The SMILES string of the molecule is Cc1ccc(C(=O)NC(C)Cc2ccsc2)c(O)c1. The second-order valence-electron chi connectivity index (χ2n) is 4.73. The van der Waals surface area contributed by atoms with Crippen molar-refractivity contribution in [3.8, 4) is 5.75 Å². The molecule has 0 saturated heterocycles. The second-order valence-corrected chi connectivity index (χ2v) is 5.51. The van der Waals surface area contributed by atoms with Gasteiger partial charge in [-0.3, -0.25) is 4.79 Å². The topological polar surface area (TPSA) is 49.3 Å². The number of benzene rings is 1. The van der Waals surface area contributed by atoms with Gasteiger partial charge >= 0.3 is 0 Å². The van der Waals surface area contributed by atoms with Crippen LogP contribution >= 0.6 is 11.3 Å². The van der Waals surface area contributed by atoms with Crippen LogP contribution in [0.4, 0.5) is 0 Å². The molecule has 0 bridgehead atoms. The first kappa shape index (κ1) is 13.6. The normalized spacial score (nSPS) is 12.1. The molecule has 1 unspecified atom stereocenters. The predicted molar refractivity (Wildman–Crippen MR) is 77.8 cm³/mol. The molecule has 0 aliphatic carbocycles. The monoisotopic (exact) mass is 275 g/mol. The third-order valence-electron chi connectivity index (χ3n) is 2.90. The summed E-state index contributed by atoms with van der Waals surface area (Å²) < 4.78 is 0. The van der Waals surface area contributed by atoms with E-state index < -0.39 is 0 Å². The highest BCUT2D eigenvalue weighted by atomic mass is 32.1. The van der Waals surface area contributed by atoms with Crippen molar-refractivity contribution in [3.05, 3.63) is 51.7 Å². The highest BCUT2D eigenvalue weighted by Crippen LogP contribution is 2.18. The van der Waals surface area contributed by atoms with E-state index in [1.807, 2.05) is 25.3 Å². The van der Waals surface area contributed by atoms with Crippen molar-refractivity contribution < 1.29 is 9.90 Å². The van der Waals surface area contributed by atoms with Gasteiger partial charge in [0.2, 0.25) is 0 Å². The fourth-order valence-electron chi connectivity index (χ4n) is 1.95. The van der Waals surface area contributed by atoms with E-state index in [4.69, 9.17) is 0 Å². The van der Waals surface area contributed by atoms with Crippen LogP contribution in [0, 0.1) is 6.92 Å². The Morgan fingerprint density at radius 2 is 2.21 bits per heavy atom. The van der Waals surface area contributed by atoms with E-state index in [2.05, 4.69) is 16.8 Å². The number of carbonyl (C=O) groups excluding carboxylic acids is 1. The zero-order chi connectivity index (χ0) is 13.8. The molecule has 1 aromatic heterocycles. The van der Waals surface area contributed by atoms with Crippen LogP contribution in [0.5, 0.6) is 5.75 Å². The first-order chi connectivity index (χ1) is 9.06. The summed E-state index contributed by atoms with van der Waals surface area (Å²) in [6.07, 6.45) is 0.794. The van der Waals surface area contributed by atoms with Crippen molar-refractivity contribution in [1.82, 2.24) is 5.32 Å². The van der Waals surface area contributed by atoms with Gasteiger partial charge in [-0.15, -0.1) is 0 Å². The Morgan fingerprint density at radius 3 is 2.84 bits per heavy atom. The van der Waals surface area contributed by atoms with Crippen LogP contribution in [0.2, 0.25) is 0 Å². The van der Waals surface area contributed by atoms with E-state index in [1.54, 1.807) is 23.5 Å². The standard InChI is InChI=1S/C15H17NO2S/c1-10-3-4-13(14(17)7-10)15(18)16-11(2)8-12-5-6-19-9-12/h3-7,9,11,17H,8H2,1-2H3,(H,16,18). The van der Waals surface area contributed by atoms with Gasteiger partial charge in [0.1, 0.15) is 5.75 Å². The van der Waals surface area contributed by atoms with Crippen LogP contribution in [0.3, 0.4) is 0 Å². The summed E-state index contributed by atoms with van der Waals surface area (Å²) in [5.74, 6) is -0.208. The Hall–Kier alpha value is -1.81. The summed E-state index contributed by atoms with van der Waals surface area (Å²) in [7, 11) is 0. The molecule has 1 atom stereocenters. The van der Waals surface area contributed by atoms with Crippen LogP contribution in [0.1, 0.15) is 28.4 Å². The average Bonchev–Trinajstić information content (AvgIpc) is 2.81. The first-order valence-electron chi connectivity index (χ1n) is 6.18. The molecule has 19 heavy (non-hydrogen) atoms. The largest absolute Gasteiger partial charge is 0.507 e. The lowest BCUT2D eigenvalue weighted by Crippen LogP contribution is -2.34. The quantitative estimate of drug-likeness (QED) is 0.900. The van der Waals surface area contributed by atoms with E-state index in [1.165, 1.54) is 5.56 Å². The molecule has 0 saturated carbocycles. The summed E-state index contributed by atoms with van der Waals surface area (Å²) in [6, 6.07) is 7.15. The molecule has 0 radical (unpaired) electrons. The van der Waals surface area contributed by atoms with Gasteiger partial charge in [0.05, 0.1) is 5.56 Å². The van der Waals surface area contributed by atoms with Crippen LogP contribution in [-0.2, 0) is 6.42 Å². The number of hydrogen-bond acceptors (Lipinski definition) is 3. The highest BCUT2D eigenvalue weighted by molar-refractivity contribution is 7.07. The molecule has 0 fully saturated rings. The lowest BCUT2D eigenvalue weighted by Gasteiger charge is -2.14. The van der Waals surface area contributed by atoms with Crippen molar-refractivity contribution in [2.45, 2.75) is 26.3 Å². The molecule has 4 heteroatoms. The molecule has 2 aromatic rings. The molecule has 2 rings (SSSR count). The van der Waals surface area contributed by atoms with E-state index in [9.17, 15) is 9.90 Å². The molecule has 1 amide bonds. The number of nitrogens with one attached hydrogen (secondary N) is 1. The molecular formula is C15H17NO2S. The lowest BCUT2D eigenvalue weighted by atomic mass is 10.1.